The van der Waals surface area contributed by atoms with Crippen molar-refractivity contribution in [2.24, 2.45) is 11.8 Å². The van der Waals surface area contributed by atoms with Gasteiger partial charge in [0.05, 0.1) is 19.3 Å². The molecule has 2 unspecified atom stereocenters. The van der Waals surface area contributed by atoms with Gasteiger partial charge in [-0.1, -0.05) is 287 Å². The Hall–Kier alpha value is -3.30. The van der Waals surface area contributed by atoms with Gasteiger partial charge in [-0.2, -0.15) is 0 Å². The number of carbonyl (C=O) groups is 6. The zero-order valence-electron chi connectivity index (χ0n) is 72.8. The Labute approximate surface area is 662 Å². The van der Waals surface area contributed by atoms with Gasteiger partial charge < -0.3 is 43.7 Å². The molecule has 15 nitrogen and oxygen atoms in total. The van der Waals surface area contributed by atoms with E-state index in [-0.39, 0.29) is 54.6 Å². The summed E-state index contributed by atoms with van der Waals surface area (Å²) in [6.07, 6.45) is 65.8. The minimum atomic E-state index is -0.711. The Balaban J connectivity index is -0.00000182. The number of hydrogen-bond donors (Lipinski definition) is 2. The molecule has 0 radical (unpaired) electrons. The SMILES string of the molecule is CCCCCCCC(CCCCCCC)COC(=O)CCCC(CCCC(=O)OC(CCCCCCC)CCCCCCC)OC(=O)CCCN(C)C.CCCCCCCC(CCCCCCC)COC(=O)CCCC(O)CCCC(=O)OC(CCCCCCC)CCCCCCC.CN(C)CCCC(=O)O. The number of rotatable bonds is 79. The van der Waals surface area contributed by atoms with Crippen LogP contribution in [0.4, 0.5) is 0 Å². The topological polar surface area (TPSA) is 196 Å². The predicted octanol–water partition coefficient (Wildman–Crippen LogP) is 25.7. The summed E-state index contributed by atoms with van der Waals surface area (Å²) in [6, 6.07) is 0. The normalized spacial score (nSPS) is 12.0. The smallest absolute Gasteiger partial charge is 0.306 e. The van der Waals surface area contributed by atoms with Crippen molar-refractivity contribution in [3.63, 3.8) is 0 Å². The van der Waals surface area contributed by atoms with E-state index in [1.54, 1.807) is 0 Å². The molecule has 2 N–H and O–H groups in total. The molecule has 0 heterocycles. The molecule has 0 aliphatic carbocycles. The van der Waals surface area contributed by atoms with E-state index in [9.17, 15) is 33.9 Å². The largest absolute Gasteiger partial charge is 0.481 e. The average Bonchev–Trinajstić information content (AvgIpc) is 0.966. The average molecular weight is 1520 g/mol. The molecule has 0 bridgehead atoms. The molecule has 0 aromatic rings. The lowest BCUT2D eigenvalue weighted by Gasteiger charge is -2.20. The van der Waals surface area contributed by atoms with Gasteiger partial charge in [-0.3, -0.25) is 28.8 Å². The molecule has 636 valence electrons. The van der Waals surface area contributed by atoms with Gasteiger partial charge in [0.1, 0.15) is 18.3 Å². The van der Waals surface area contributed by atoms with Crippen LogP contribution in [0.1, 0.15) is 466 Å². The summed E-state index contributed by atoms with van der Waals surface area (Å²) in [7, 11) is 7.86. The van der Waals surface area contributed by atoms with Gasteiger partial charge in [0.2, 0.25) is 0 Å². The Kier molecular flexibility index (Phi) is 85.8. The molecule has 0 saturated carbocycles. The number of hydrogen-bond acceptors (Lipinski definition) is 14. The minimum Gasteiger partial charge on any atom is -0.481 e. The summed E-state index contributed by atoms with van der Waals surface area (Å²) < 4.78 is 29.4. The molecule has 0 aliphatic heterocycles. The highest BCUT2D eigenvalue weighted by molar-refractivity contribution is 5.71. The number of aliphatic hydroxyl groups excluding tert-OH is 1. The first kappa shape index (κ1) is 108. The maximum atomic E-state index is 13.0. The minimum absolute atomic E-state index is 0.00352. The van der Waals surface area contributed by atoms with Crippen LogP contribution in [0.3, 0.4) is 0 Å². The predicted molar refractivity (Wildman–Crippen MR) is 450 cm³/mol. The second-order valence-electron chi connectivity index (χ2n) is 32.5. The molecule has 0 rings (SSSR count). The molecule has 0 saturated heterocycles. The number of ether oxygens (including phenoxy) is 5. The Morgan fingerprint density at radius 2 is 0.458 bits per heavy atom. The van der Waals surface area contributed by atoms with Crippen molar-refractivity contribution in [3.8, 4) is 0 Å². The fraction of sp³-hybridized carbons (Fsp3) is 0.935. The third-order valence-corrected chi connectivity index (χ3v) is 20.9. The monoisotopic (exact) mass is 1520 g/mol. The lowest BCUT2D eigenvalue weighted by molar-refractivity contribution is -0.152. The number of esters is 5. The molecule has 0 aromatic heterocycles. The molecule has 15 heteroatoms. The lowest BCUT2D eigenvalue weighted by atomic mass is 9.95. The molecule has 0 aliphatic rings. The number of unbranched alkanes of at least 4 members (excludes halogenated alkanes) is 32. The molecule has 0 fully saturated rings. The molecule has 0 amide bonds. The number of aliphatic hydroxyl groups is 1. The number of carboxylic acid groups (broad SMARTS) is 1. The summed E-state index contributed by atoms with van der Waals surface area (Å²) in [6.45, 7) is 20.7. The van der Waals surface area contributed by atoms with E-state index in [1.165, 1.54) is 231 Å². The summed E-state index contributed by atoms with van der Waals surface area (Å²) >= 11 is 0. The number of nitrogens with zero attached hydrogens (tertiary/aromatic N) is 2. The van der Waals surface area contributed by atoms with E-state index in [1.807, 2.05) is 33.1 Å². The number of carbonyl (C=O) groups excluding carboxylic acids is 5. The summed E-state index contributed by atoms with van der Waals surface area (Å²) in [5, 5.41) is 18.7. The molecule has 0 spiro atoms. The van der Waals surface area contributed by atoms with Crippen molar-refractivity contribution in [1.82, 2.24) is 9.80 Å². The highest BCUT2D eigenvalue weighted by Gasteiger charge is 2.22. The van der Waals surface area contributed by atoms with Crippen LogP contribution in [0, 0.1) is 11.8 Å². The van der Waals surface area contributed by atoms with Crippen LogP contribution in [0.2, 0.25) is 0 Å². The lowest BCUT2D eigenvalue weighted by Crippen LogP contribution is -2.22. The Bertz CT molecular complexity index is 1860. The second-order valence-corrected chi connectivity index (χ2v) is 32.5. The summed E-state index contributed by atoms with van der Waals surface area (Å²) in [4.78, 5) is 77.6. The van der Waals surface area contributed by atoms with E-state index < -0.39 is 12.1 Å². The van der Waals surface area contributed by atoms with E-state index >= 15 is 0 Å². The van der Waals surface area contributed by atoms with Gasteiger partial charge in [-0.05, 0) is 194 Å². The maximum Gasteiger partial charge on any atom is 0.306 e. The van der Waals surface area contributed by atoms with E-state index in [2.05, 4.69) is 60.3 Å². The van der Waals surface area contributed by atoms with Gasteiger partial charge in [-0.25, -0.2) is 0 Å². The highest BCUT2D eigenvalue weighted by atomic mass is 16.6. The third-order valence-electron chi connectivity index (χ3n) is 20.9. The molecular weight excluding hydrogens is 1340 g/mol. The van der Waals surface area contributed by atoms with Crippen LogP contribution in [-0.2, 0) is 52.5 Å². The molecule has 0 aromatic carbocycles. The Morgan fingerprint density at radius 3 is 0.701 bits per heavy atom. The van der Waals surface area contributed by atoms with Crippen LogP contribution in [0.25, 0.3) is 0 Å². The van der Waals surface area contributed by atoms with Crippen molar-refractivity contribution in [1.29, 1.82) is 0 Å². The quantitative estimate of drug-likeness (QED) is 0.0331. The molecule has 2 atom stereocenters. The first-order valence-electron chi connectivity index (χ1n) is 45.9. The van der Waals surface area contributed by atoms with Crippen LogP contribution >= 0.6 is 0 Å². The van der Waals surface area contributed by atoms with E-state index in [0.717, 1.165) is 103 Å². The van der Waals surface area contributed by atoms with E-state index in [4.69, 9.17) is 28.8 Å². The summed E-state index contributed by atoms with van der Waals surface area (Å²) in [5.74, 6) is -0.537. The van der Waals surface area contributed by atoms with Gasteiger partial charge >= 0.3 is 35.8 Å². The first-order valence-corrected chi connectivity index (χ1v) is 45.9. The fourth-order valence-electron chi connectivity index (χ4n) is 13.9. The first-order chi connectivity index (χ1) is 51.8. The van der Waals surface area contributed by atoms with Crippen LogP contribution in [0.5, 0.6) is 0 Å². The standard InChI is InChI=1S/C46H89NO6.C40H78O5.C6H13NO2/c1-7-11-15-19-23-30-41(31-24-20-16-12-8-2)40-51-44(48)36-27-34-43(53-46(50)38-29-39-47(5)6)35-28-37-45(49)52-42(32-25-21-17-13-9-3)33-26-22-18-14-10-4;1-5-9-13-17-21-27-36(28-22-18-14-10-6-2)35-44-39(42)33-25-29-37(41)30-26-34-40(43)45-38(31-23-19-15-11-7-3)32-24-20-16-12-8-4;1-7(2)5-3-4-6(8)9/h41-43H,7-40H2,1-6H3;36-38,41H,5-35H2,1-4H3;3-5H2,1-2H3,(H,8,9). The molecule has 107 heavy (non-hydrogen) atoms. The zero-order valence-corrected chi connectivity index (χ0v) is 72.8. The van der Waals surface area contributed by atoms with Crippen LogP contribution in [-0.4, -0.2) is 135 Å². The van der Waals surface area contributed by atoms with Crippen molar-refractivity contribution in [2.75, 3.05) is 54.5 Å². The van der Waals surface area contributed by atoms with Gasteiger partial charge in [-0.15, -0.1) is 0 Å². The second kappa shape index (κ2) is 85.1. The number of aliphatic carboxylic acids is 1. The fourth-order valence-corrected chi connectivity index (χ4v) is 13.9. The van der Waals surface area contributed by atoms with Crippen molar-refractivity contribution in [2.45, 2.75) is 491 Å². The van der Waals surface area contributed by atoms with Gasteiger partial charge in [0, 0.05) is 38.5 Å². The molecular formula is C92H180N2O13. The van der Waals surface area contributed by atoms with Crippen LogP contribution < -0.4 is 0 Å². The van der Waals surface area contributed by atoms with Gasteiger partial charge in [0.15, 0.2) is 0 Å². The number of carboxylic acids is 1. The summed E-state index contributed by atoms with van der Waals surface area (Å²) in [5.41, 5.74) is 0. The van der Waals surface area contributed by atoms with Crippen molar-refractivity contribution < 1.29 is 62.7 Å². The zero-order chi connectivity index (χ0) is 79.7. The van der Waals surface area contributed by atoms with Crippen molar-refractivity contribution >= 4 is 35.8 Å². The Morgan fingerprint density at radius 1 is 0.252 bits per heavy atom. The van der Waals surface area contributed by atoms with E-state index in [0.29, 0.717) is 109 Å². The van der Waals surface area contributed by atoms with Gasteiger partial charge in [0.25, 0.3) is 0 Å². The highest BCUT2D eigenvalue weighted by Crippen LogP contribution is 2.25. The van der Waals surface area contributed by atoms with Crippen LogP contribution in [0.15, 0.2) is 0 Å². The van der Waals surface area contributed by atoms with Crippen molar-refractivity contribution in [3.05, 3.63) is 0 Å². The maximum absolute atomic E-state index is 13.0. The third kappa shape index (κ3) is 85.0.